The fourth-order valence-corrected chi connectivity index (χ4v) is 1.71. The summed E-state index contributed by atoms with van der Waals surface area (Å²) in [7, 11) is 2.07. The molecule has 2 rings (SSSR count). The van der Waals surface area contributed by atoms with Gasteiger partial charge in [-0.3, -0.25) is 0 Å². The summed E-state index contributed by atoms with van der Waals surface area (Å²) in [5.41, 5.74) is 0. The van der Waals surface area contributed by atoms with E-state index in [1.54, 1.807) is 0 Å². The van der Waals surface area contributed by atoms with Crippen molar-refractivity contribution in [2.75, 3.05) is 20.2 Å². The quantitative estimate of drug-likeness (QED) is 0.774. The average Bonchev–Trinajstić information content (AvgIpc) is 2.46. The summed E-state index contributed by atoms with van der Waals surface area (Å²) in [4.78, 5) is 0. The standard InChI is InChI=1S/C16H19NO2/c1-17-12-5-13-18-14-8-10-16(11-9-14)19-15-6-3-2-4-7-15/h2-4,6-11,17H,5,12-13H2,1H3/p+1. The van der Waals surface area contributed by atoms with E-state index < -0.39 is 0 Å². The Morgan fingerprint density at radius 3 is 2.16 bits per heavy atom. The van der Waals surface area contributed by atoms with Crippen molar-refractivity contribution >= 4 is 0 Å². The Morgan fingerprint density at radius 2 is 1.47 bits per heavy atom. The lowest BCUT2D eigenvalue weighted by atomic mass is 10.3. The molecule has 100 valence electrons. The van der Waals surface area contributed by atoms with E-state index in [-0.39, 0.29) is 0 Å². The maximum absolute atomic E-state index is 5.72. The molecule has 0 aromatic heterocycles. The largest absolute Gasteiger partial charge is 0.493 e. The number of rotatable bonds is 7. The van der Waals surface area contributed by atoms with Crippen molar-refractivity contribution in [3.8, 4) is 17.2 Å². The van der Waals surface area contributed by atoms with Crippen molar-refractivity contribution in [3.05, 3.63) is 54.6 Å². The van der Waals surface area contributed by atoms with Crippen molar-refractivity contribution in [2.24, 2.45) is 0 Å². The molecule has 2 aromatic carbocycles. The summed E-state index contributed by atoms with van der Waals surface area (Å²) in [6.45, 7) is 1.85. The smallest absolute Gasteiger partial charge is 0.127 e. The molecule has 3 nitrogen and oxygen atoms in total. The van der Waals surface area contributed by atoms with Crippen LogP contribution >= 0.6 is 0 Å². The third-order valence-corrected chi connectivity index (χ3v) is 2.71. The molecule has 2 aromatic rings. The maximum atomic E-state index is 5.72. The highest BCUT2D eigenvalue weighted by Crippen LogP contribution is 2.23. The number of para-hydroxylation sites is 1. The van der Waals surface area contributed by atoms with Crippen LogP contribution in [0.4, 0.5) is 0 Å². The van der Waals surface area contributed by atoms with Crippen LogP contribution in [0.5, 0.6) is 17.2 Å². The van der Waals surface area contributed by atoms with Crippen LogP contribution in [0.1, 0.15) is 6.42 Å². The van der Waals surface area contributed by atoms with Gasteiger partial charge in [-0.15, -0.1) is 0 Å². The molecule has 0 bridgehead atoms. The normalized spacial score (nSPS) is 10.2. The second-order valence-electron chi connectivity index (χ2n) is 4.29. The lowest BCUT2D eigenvalue weighted by molar-refractivity contribution is -0.627. The number of nitrogens with two attached hydrogens (primary N) is 1. The lowest BCUT2D eigenvalue weighted by Crippen LogP contribution is -2.79. The van der Waals surface area contributed by atoms with Crippen molar-refractivity contribution in [1.82, 2.24) is 0 Å². The van der Waals surface area contributed by atoms with Gasteiger partial charge >= 0.3 is 0 Å². The third kappa shape index (κ3) is 4.64. The molecule has 0 spiro atoms. The number of ether oxygens (including phenoxy) is 2. The van der Waals surface area contributed by atoms with Gasteiger partial charge in [0.05, 0.1) is 20.2 Å². The van der Waals surface area contributed by atoms with E-state index in [2.05, 4.69) is 12.4 Å². The van der Waals surface area contributed by atoms with Crippen LogP contribution < -0.4 is 14.8 Å². The Bertz CT molecular complexity index is 468. The zero-order chi connectivity index (χ0) is 13.3. The van der Waals surface area contributed by atoms with Crippen LogP contribution in [0.3, 0.4) is 0 Å². The minimum Gasteiger partial charge on any atom is -0.493 e. The van der Waals surface area contributed by atoms with Crippen LogP contribution in [-0.4, -0.2) is 20.2 Å². The first-order valence-corrected chi connectivity index (χ1v) is 6.62. The van der Waals surface area contributed by atoms with Gasteiger partial charge in [0.2, 0.25) is 0 Å². The van der Waals surface area contributed by atoms with Gasteiger partial charge in [0.1, 0.15) is 17.2 Å². The van der Waals surface area contributed by atoms with E-state index in [1.165, 1.54) is 0 Å². The van der Waals surface area contributed by atoms with E-state index >= 15 is 0 Å². The molecule has 2 N–H and O–H groups in total. The molecule has 0 radical (unpaired) electrons. The first-order valence-electron chi connectivity index (χ1n) is 6.62. The molecule has 0 aliphatic rings. The summed E-state index contributed by atoms with van der Waals surface area (Å²) in [6.07, 6.45) is 1.05. The van der Waals surface area contributed by atoms with E-state index in [1.807, 2.05) is 54.6 Å². The summed E-state index contributed by atoms with van der Waals surface area (Å²) >= 11 is 0. The Balaban J connectivity index is 1.84. The number of benzene rings is 2. The van der Waals surface area contributed by atoms with Crippen LogP contribution in [0.25, 0.3) is 0 Å². The van der Waals surface area contributed by atoms with Crippen LogP contribution in [-0.2, 0) is 0 Å². The second kappa shape index (κ2) is 7.44. The molecule has 0 unspecified atom stereocenters. The summed E-state index contributed by atoms with van der Waals surface area (Å²) < 4.78 is 11.4. The zero-order valence-electron chi connectivity index (χ0n) is 11.2. The predicted molar refractivity (Wildman–Crippen MR) is 75.8 cm³/mol. The van der Waals surface area contributed by atoms with E-state index in [0.29, 0.717) is 0 Å². The van der Waals surface area contributed by atoms with E-state index in [0.717, 1.165) is 36.8 Å². The fraction of sp³-hybridized carbons (Fsp3) is 0.250. The summed E-state index contributed by atoms with van der Waals surface area (Å²) in [5, 5.41) is 2.15. The molecule has 0 saturated carbocycles. The van der Waals surface area contributed by atoms with E-state index in [4.69, 9.17) is 9.47 Å². The molecule has 0 amide bonds. The molecule has 0 aliphatic carbocycles. The zero-order valence-corrected chi connectivity index (χ0v) is 11.2. The van der Waals surface area contributed by atoms with Gasteiger partial charge in [-0.2, -0.15) is 0 Å². The minimum atomic E-state index is 0.753. The third-order valence-electron chi connectivity index (χ3n) is 2.71. The Hall–Kier alpha value is -2.00. The Labute approximate surface area is 114 Å². The molecule has 0 fully saturated rings. The fourth-order valence-electron chi connectivity index (χ4n) is 1.71. The highest BCUT2D eigenvalue weighted by atomic mass is 16.5. The average molecular weight is 258 g/mol. The van der Waals surface area contributed by atoms with Crippen LogP contribution in [0, 0.1) is 0 Å². The van der Waals surface area contributed by atoms with Gasteiger partial charge in [0.15, 0.2) is 0 Å². The van der Waals surface area contributed by atoms with E-state index in [9.17, 15) is 0 Å². The topological polar surface area (TPSA) is 35.1 Å². The van der Waals surface area contributed by atoms with Crippen molar-refractivity contribution in [2.45, 2.75) is 6.42 Å². The van der Waals surface area contributed by atoms with Crippen molar-refractivity contribution in [1.29, 1.82) is 0 Å². The monoisotopic (exact) mass is 258 g/mol. The maximum Gasteiger partial charge on any atom is 0.127 e. The molecule has 19 heavy (non-hydrogen) atoms. The van der Waals surface area contributed by atoms with Gasteiger partial charge in [0.25, 0.3) is 0 Å². The lowest BCUT2D eigenvalue weighted by Gasteiger charge is -2.08. The molecule has 0 aliphatic heterocycles. The first kappa shape index (κ1) is 13.4. The van der Waals surface area contributed by atoms with Crippen molar-refractivity contribution < 1.29 is 14.8 Å². The van der Waals surface area contributed by atoms with Crippen molar-refractivity contribution in [3.63, 3.8) is 0 Å². The number of hydrogen-bond acceptors (Lipinski definition) is 2. The van der Waals surface area contributed by atoms with Gasteiger partial charge in [-0.25, -0.2) is 0 Å². The van der Waals surface area contributed by atoms with Gasteiger partial charge in [0, 0.05) is 6.42 Å². The highest BCUT2D eigenvalue weighted by molar-refractivity contribution is 5.35. The molecule has 0 atom stereocenters. The summed E-state index contributed by atoms with van der Waals surface area (Å²) in [5.74, 6) is 2.55. The molecule has 0 heterocycles. The van der Waals surface area contributed by atoms with Gasteiger partial charge in [-0.1, -0.05) is 18.2 Å². The first-order chi connectivity index (χ1) is 9.38. The second-order valence-corrected chi connectivity index (χ2v) is 4.29. The molecular weight excluding hydrogens is 238 g/mol. The molecular formula is C16H20NO2+. The highest BCUT2D eigenvalue weighted by Gasteiger charge is 1.98. The summed E-state index contributed by atoms with van der Waals surface area (Å²) in [6, 6.07) is 17.5. The Kier molecular flexibility index (Phi) is 5.26. The molecule has 3 heteroatoms. The number of quaternary nitrogens is 1. The predicted octanol–water partition coefficient (Wildman–Crippen LogP) is 2.44. The minimum absolute atomic E-state index is 0.753. The SMILES string of the molecule is C[NH2+]CCCOc1ccc(Oc2ccccc2)cc1. The van der Waals surface area contributed by atoms with Gasteiger partial charge in [-0.05, 0) is 36.4 Å². The Morgan fingerprint density at radius 1 is 0.842 bits per heavy atom. The number of hydrogen-bond donors (Lipinski definition) is 1. The van der Waals surface area contributed by atoms with Crippen LogP contribution in [0.2, 0.25) is 0 Å². The molecule has 0 saturated heterocycles. The van der Waals surface area contributed by atoms with Gasteiger partial charge < -0.3 is 14.8 Å². The van der Waals surface area contributed by atoms with Crippen LogP contribution in [0.15, 0.2) is 54.6 Å².